The quantitative estimate of drug-likeness (QED) is 0.464. The summed E-state index contributed by atoms with van der Waals surface area (Å²) in [6.45, 7) is 1.67. The molecule has 0 saturated heterocycles. The molecular weight excluding hydrogens is 334 g/mol. The minimum atomic E-state index is -0.522. The van der Waals surface area contributed by atoms with Gasteiger partial charge in [0, 0.05) is 11.6 Å². The third-order valence-electron chi connectivity index (χ3n) is 4.36. The van der Waals surface area contributed by atoms with Gasteiger partial charge in [0.05, 0.1) is 24.8 Å². The van der Waals surface area contributed by atoms with Crippen molar-refractivity contribution in [2.24, 2.45) is 11.0 Å². The third kappa shape index (κ3) is 5.68. The number of carbonyl (C=O) groups is 3. The molecule has 2 rings (SSSR count). The molecule has 2 amide bonds. The van der Waals surface area contributed by atoms with Crippen LogP contribution in [0.5, 0.6) is 0 Å². The van der Waals surface area contributed by atoms with Crippen molar-refractivity contribution in [3.8, 4) is 0 Å². The number of nitrogens with zero attached hydrogens (tertiary/aromatic N) is 1. The SMILES string of the molecule is COC(=O)c1ccccc1NC(=O)CC(C)=NNC(=O)C1CCCCC1. The first-order valence-corrected chi connectivity index (χ1v) is 8.81. The van der Waals surface area contributed by atoms with E-state index in [1.165, 1.54) is 13.5 Å². The lowest BCUT2D eigenvalue weighted by molar-refractivity contribution is -0.126. The van der Waals surface area contributed by atoms with Crippen LogP contribution in [0.4, 0.5) is 5.69 Å². The highest BCUT2D eigenvalue weighted by Crippen LogP contribution is 2.23. The molecule has 2 N–H and O–H groups in total. The van der Waals surface area contributed by atoms with Crippen molar-refractivity contribution < 1.29 is 19.1 Å². The highest BCUT2D eigenvalue weighted by atomic mass is 16.5. The van der Waals surface area contributed by atoms with Crippen LogP contribution in [0.15, 0.2) is 29.4 Å². The van der Waals surface area contributed by atoms with Gasteiger partial charge in [-0.25, -0.2) is 10.2 Å². The number of amides is 2. The Morgan fingerprint density at radius 2 is 1.85 bits per heavy atom. The molecule has 1 fully saturated rings. The molecule has 1 aliphatic rings. The molecule has 140 valence electrons. The number of hydrogen-bond acceptors (Lipinski definition) is 5. The lowest BCUT2D eigenvalue weighted by Gasteiger charge is -2.19. The summed E-state index contributed by atoms with van der Waals surface area (Å²) in [6, 6.07) is 6.61. The molecule has 7 nitrogen and oxygen atoms in total. The molecule has 7 heteroatoms. The number of para-hydroxylation sites is 1. The number of methoxy groups -OCH3 is 1. The van der Waals surface area contributed by atoms with Crippen LogP contribution in [-0.4, -0.2) is 30.6 Å². The van der Waals surface area contributed by atoms with Crippen molar-refractivity contribution in [2.75, 3.05) is 12.4 Å². The van der Waals surface area contributed by atoms with Crippen molar-refractivity contribution >= 4 is 29.2 Å². The topological polar surface area (TPSA) is 96.9 Å². The molecule has 1 aromatic carbocycles. The number of benzene rings is 1. The maximum absolute atomic E-state index is 12.2. The molecule has 0 unspecified atom stereocenters. The Morgan fingerprint density at radius 1 is 1.15 bits per heavy atom. The summed E-state index contributed by atoms with van der Waals surface area (Å²) >= 11 is 0. The van der Waals surface area contributed by atoms with Crippen molar-refractivity contribution in [1.82, 2.24) is 5.43 Å². The van der Waals surface area contributed by atoms with E-state index in [1.54, 1.807) is 31.2 Å². The Balaban J connectivity index is 1.89. The van der Waals surface area contributed by atoms with Gasteiger partial charge < -0.3 is 10.1 Å². The fourth-order valence-corrected chi connectivity index (χ4v) is 2.95. The average Bonchev–Trinajstić information content (AvgIpc) is 2.66. The zero-order valence-corrected chi connectivity index (χ0v) is 15.2. The molecule has 0 atom stereocenters. The molecule has 1 aromatic rings. The summed E-state index contributed by atoms with van der Waals surface area (Å²) in [5.41, 5.74) is 3.70. The van der Waals surface area contributed by atoms with Crippen LogP contribution in [0.2, 0.25) is 0 Å². The molecule has 0 spiro atoms. The number of carbonyl (C=O) groups excluding carboxylic acids is 3. The molecule has 0 radical (unpaired) electrons. The first-order chi connectivity index (χ1) is 12.5. The van der Waals surface area contributed by atoms with Crippen molar-refractivity contribution in [3.05, 3.63) is 29.8 Å². The second-order valence-electron chi connectivity index (χ2n) is 6.42. The van der Waals surface area contributed by atoms with Crippen LogP contribution in [-0.2, 0) is 14.3 Å². The largest absolute Gasteiger partial charge is 0.465 e. The average molecular weight is 359 g/mol. The van der Waals surface area contributed by atoms with E-state index in [0.29, 0.717) is 11.4 Å². The summed E-state index contributed by atoms with van der Waals surface area (Å²) in [7, 11) is 1.28. The van der Waals surface area contributed by atoms with Crippen LogP contribution >= 0.6 is 0 Å². The molecule has 0 heterocycles. The number of rotatable bonds is 6. The van der Waals surface area contributed by atoms with E-state index in [9.17, 15) is 14.4 Å². The van der Waals surface area contributed by atoms with Gasteiger partial charge in [-0.15, -0.1) is 0 Å². The summed E-state index contributed by atoms with van der Waals surface area (Å²) in [6.07, 6.45) is 5.13. The van der Waals surface area contributed by atoms with E-state index in [2.05, 4.69) is 15.8 Å². The van der Waals surface area contributed by atoms with E-state index < -0.39 is 5.97 Å². The number of ether oxygens (including phenoxy) is 1. The molecule has 0 bridgehead atoms. The predicted octanol–water partition coefficient (Wildman–Crippen LogP) is 2.87. The Bertz CT molecular complexity index is 694. The van der Waals surface area contributed by atoms with Crippen LogP contribution in [0, 0.1) is 5.92 Å². The minimum absolute atomic E-state index is 0.0143. The van der Waals surface area contributed by atoms with Crippen LogP contribution in [0.3, 0.4) is 0 Å². The van der Waals surface area contributed by atoms with E-state index in [0.717, 1.165) is 25.7 Å². The fourth-order valence-electron chi connectivity index (χ4n) is 2.95. The van der Waals surface area contributed by atoms with Gasteiger partial charge in [0.1, 0.15) is 0 Å². The zero-order chi connectivity index (χ0) is 18.9. The normalized spacial score (nSPS) is 15.2. The molecule has 0 aromatic heterocycles. The molecule has 1 aliphatic carbocycles. The van der Waals surface area contributed by atoms with Gasteiger partial charge >= 0.3 is 5.97 Å². The molecule has 1 saturated carbocycles. The number of esters is 1. The second-order valence-corrected chi connectivity index (χ2v) is 6.42. The van der Waals surface area contributed by atoms with Gasteiger partial charge in [-0.1, -0.05) is 31.4 Å². The molecule has 0 aliphatic heterocycles. The van der Waals surface area contributed by atoms with Gasteiger partial charge in [0.2, 0.25) is 11.8 Å². The van der Waals surface area contributed by atoms with E-state index >= 15 is 0 Å². The highest BCUT2D eigenvalue weighted by Gasteiger charge is 2.20. The first kappa shape index (κ1) is 19.6. The lowest BCUT2D eigenvalue weighted by Crippen LogP contribution is -2.29. The van der Waals surface area contributed by atoms with Crippen molar-refractivity contribution in [2.45, 2.75) is 45.4 Å². The first-order valence-electron chi connectivity index (χ1n) is 8.81. The van der Waals surface area contributed by atoms with Crippen LogP contribution < -0.4 is 10.7 Å². The van der Waals surface area contributed by atoms with Gasteiger partial charge in [0.15, 0.2) is 0 Å². The Hall–Kier alpha value is -2.70. The van der Waals surface area contributed by atoms with E-state index in [4.69, 9.17) is 4.74 Å². The summed E-state index contributed by atoms with van der Waals surface area (Å²) in [4.78, 5) is 36.0. The summed E-state index contributed by atoms with van der Waals surface area (Å²) in [5.74, 6) is -0.915. The van der Waals surface area contributed by atoms with Crippen molar-refractivity contribution in [3.63, 3.8) is 0 Å². The van der Waals surface area contributed by atoms with Crippen LogP contribution in [0.25, 0.3) is 0 Å². The lowest BCUT2D eigenvalue weighted by atomic mass is 9.89. The summed E-state index contributed by atoms with van der Waals surface area (Å²) < 4.78 is 4.70. The van der Waals surface area contributed by atoms with Gasteiger partial charge in [-0.2, -0.15) is 5.10 Å². The summed E-state index contributed by atoms with van der Waals surface area (Å²) in [5, 5.41) is 6.69. The fraction of sp³-hybridized carbons (Fsp3) is 0.474. The molecule has 26 heavy (non-hydrogen) atoms. The number of nitrogens with one attached hydrogen (secondary N) is 2. The smallest absolute Gasteiger partial charge is 0.339 e. The highest BCUT2D eigenvalue weighted by molar-refractivity contribution is 6.08. The van der Waals surface area contributed by atoms with Gasteiger partial charge in [-0.3, -0.25) is 9.59 Å². The predicted molar refractivity (Wildman–Crippen MR) is 98.9 cm³/mol. The third-order valence-corrected chi connectivity index (χ3v) is 4.36. The Kier molecular flexibility index (Phi) is 7.32. The maximum Gasteiger partial charge on any atom is 0.339 e. The van der Waals surface area contributed by atoms with Crippen molar-refractivity contribution in [1.29, 1.82) is 0 Å². The molecular formula is C19H25N3O4. The Morgan fingerprint density at radius 3 is 2.54 bits per heavy atom. The van der Waals surface area contributed by atoms with E-state index in [1.807, 2.05) is 0 Å². The van der Waals surface area contributed by atoms with Gasteiger partial charge in [0.25, 0.3) is 0 Å². The van der Waals surface area contributed by atoms with Gasteiger partial charge in [-0.05, 0) is 31.9 Å². The maximum atomic E-state index is 12.2. The monoisotopic (exact) mass is 359 g/mol. The van der Waals surface area contributed by atoms with Crippen LogP contribution in [0.1, 0.15) is 55.8 Å². The van der Waals surface area contributed by atoms with E-state index in [-0.39, 0.29) is 29.7 Å². The second kappa shape index (κ2) is 9.70. The number of hydrazone groups is 1. The zero-order valence-electron chi connectivity index (χ0n) is 15.2. The Labute approximate surface area is 153 Å². The number of anilines is 1. The number of hydrogen-bond donors (Lipinski definition) is 2. The standard InChI is InChI=1S/C19H25N3O4/c1-13(21-22-18(24)14-8-4-3-5-9-14)12-17(23)20-16-11-7-6-10-15(16)19(25)26-2/h6-7,10-11,14H,3-5,8-9,12H2,1-2H3,(H,20,23)(H,22,24). The minimum Gasteiger partial charge on any atom is -0.465 e.